The fourth-order valence-corrected chi connectivity index (χ4v) is 4.31. The molecule has 0 spiro atoms. The Bertz CT molecular complexity index is 727. The minimum Gasteiger partial charge on any atom is -0.493 e. The van der Waals surface area contributed by atoms with Crippen LogP contribution in [0.5, 0.6) is 11.5 Å². The number of halogens is 1. The summed E-state index contributed by atoms with van der Waals surface area (Å²) in [6.45, 7) is 0. The van der Waals surface area contributed by atoms with Crippen LogP contribution in [0.3, 0.4) is 0 Å². The molecule has 1 aliphatic heterocycles. The number of thioether (sulfide) groups is 1. The van der Waals surface area contributed by atoms with Crippen molar-refractivity contribution in [3.63, 3.8) is 0 Å². The number of rotatable bonds is 4. The van der Waals surface area contributed by atoms with E-state index in [1.807, 2.05) is 18.2 Å². The Morgan fingerprint density at radius 1 is 1.20 bits per heavy atom. The number of amidine groups is 1. The van der Waals surface area contributed by atoms with Gasteiger partial charge in [0.2, 0.25) is 0 Å². The van der Waals surface area contributed by atoms with Crippen LogP contribution in [0.1, 0.15) is 37.7 Å². The number of hydrogen-bond donors (Lipinski definition) is 1. The molecule has 1 aromatic carbocycles. The first kappa shape index (κ1) is 18.3. The molecule has 1 heterocycles. The van der Waals surface area contributed by atoms with Gasteiger partial charge < -0.3 is 14.8 Å². The Morgan fingerprint density at radius 2 is 1.88 bits per heavy atom. The molecule has 25 heavy (non-hydrogen) atoms. The lowest BCUT2D eigenvalue weighted by Crippen LogP contribution is -2.22. The summed E-state index contributed by atoms with van der Waals surface area (Å²) in [7, 11) is 3.19. The highest BCUT2D eigenvalue weighted by Crippen LogP contribution is 2.36. The van der Waals surface area contributed by atoms with Crippen molar-refractivity contribution in [3.05, 3.63) is 27.1 Å². The predicted molar refractivity (Wildman–Crippen MR) is 105 cm³/mol. The number of hydrogen-bond acceptors (Lipinski definition) is 5. The van der Waals surface area contributed by atoms with Crippen LogP contribution in [0.15, 0.2) is 26.5 Å². The van der Waals surface area contributed by atoms with E-state index in [0.717, 1.165) is 22.9 Å². The van der Waals surface area contributed by atoms with Crippen LogP contribution >= 0.6 is 27.7 Å². The van der Waals surface area contributed by atoms with E-state index in [-0.39, 0.29) is 5.91 Å². The van der Waals surface area contributed by atoms with E-state index in [2.05, 4.69) is 21.2 Å². The van der Waals surface area contributed by atoms with Gasteiger partial charge in [0.05, 0.1) is 25.2 Å². The molecular weight excluding hydrogens is 404 g/mol. The van der Waals surface area contributed by atoms with E-state index in [4.69, 9.17) is 14.5 Å². The third-order valence-electron chi connectivity index (χ3n) is 4.31. The van der Waals surface area contributed by atoms with Crippen molar-refractivity contribution >= 4 is 44.8 Å². The quantitative estimate of drug-likeness (QED) is 0.729. The normalized spacial score (nSPS) is 21.6. The average Bonchev–Trinajstić information content (AvgIpc) is 2.96. The van der Waals surface area contributed by atoms with Gasteiger partial charge in [-0.2, -0.15) is 0 Å². The van der Waals surface area contributed by atoms with Gasteiger partial charge in [0.1, 0.15) is 0 Å². The standard InChI is InChI=1S/C18H21BrN2O3S/c1-23-14-8-11(13(19)10-15(14)24-2)9-16-17(22)21-18(25-16)20-12-6-4-3-5-7-12/h8-10,12H,3-7H2,1-2H3,(H,20,21,22). The third-order valence-corrected chi connectivity index (χ3v) is 5.93. The van der Waals surface area contributed by atoms with Gasteiger partial charge in [-0.1, -0.05) is 35.2 Å². The van der Waals surface area contributed by atoms with Gasteiger partial charge in [-0.25, -0.2) is 0 Å². The molecule has 1 aliphatic carbocycles. The van der Waals surface area contributed by atoms with Crippen LogP contribution in [-0.2, 0) is 4.79 Å². The Labute approximate surface area is 160 Å². The van der Waals surface area contributed by atoms with E-state index < -0.39 is 0 Å². The largest absolute Gasteiger partial charge is 0.493 e. The maximum Gasteiger partial charge on any atom is 0.264 e. The molecule has 1 N–H and O–H groups in total. The summed E-state index contributed by atoms with van der Waals surface area (Å²) < 4.78 is 11.5. The monoisotopic (exact) mass is 424 g/mol. The number of methoxy groups -OCH3 is 2. The summed E-state index contributed by atoms with van der Waals surface area (Å²) in [5, 5.41) is 3.58. The maximum atomic E-state index is 12.3. The number of ether oxygens (including phenoxy) is 2. The molecule has 0 atom stereocenters. The van der Waals surface area contributed by atoms with Crippen molar-refractivity contribution in [2.45, 2.75) is 38.1 Å². The molecule has 1 saturated heterocycles. The molecule has 1 aromatic rings. The Hall–Kier alpha value is -1.47. The van der Waals surface area contributed by atoms with Crippen molar-refractivity contribution in [1.29, 1.82) is 0 Å². The molecule has 1 amide bonds. The fourth-order valence-electron chi connectivity index (χ4n) is 2.99. The molecule has 1 saturated carbocycles. The minimum atomic E-state index is -0.110. The van der Waals surface area contributed by atoms with E-state index in [9.17, 15) is 4.79 Å². The van der Waals surface area contributed by atoms with Gasteiger partial charge in [-0.15, -0.1) is 0 Å². The van der Waals surface area contributed by atoms with Gasteiger partial charge in [0, 0.05) is 4.47 Å². The summed E-state index contributed by atoms with van der Waals surface area (Å²) in [4.78, 5) is 17.6. The van der Waals surface area contributed by atoms with E-state index in [0.29, 0.717) is 27.6 Å². The summed E-state index contributed by atoms with van der Waals surface area (Å²) in [6.07, 6.45) is 7.80. The van der Waals surface area contributed by atoms with Gasteiger partial charge in [-0.3, -0.25) is 9.79 Å². The molecule has 2 fully saturated rings. The number of amides is 1. The second-order valence-corrected chi connectivity index (χ2v) is 7.90. The number of benzene rings is 1. The van der Waals surface area contributed by atoms with Gasteiger partial charge in [0.25, 0.3) is 5.91 Å². The van der Waals surface area contributed by atoms with Crippen LogP contribution in [0.4, 0.5) is 0 Å². The molecule has 134 valence electrons. The lowest BCUT2D eigenvalue weighted by molar-refractivity contribution is -0.115. The van der Waals surface area contributed by atoms with Crippen LogP contribution < -0.4 is 14.8 Å². The molecule has 7 heteroatoms. The Kier molecular flexibility index (Phi) is 6.06. The number of nitrogens with one attached hydrogen (secondary N) is 1. The minimum absolute atomic E-state index is 0.110. The lowest BCUT2D eigenvalue weighted by Gasteiger charge is -2.17. The average molecular weight is 425 g/mol. The molecule has 0 aromatic heterocycles. The van der Waals surface area contributed by atoms with Crippen molar-refractivity contribution in [3.8, 4) is 11.5 Å². The number of aliphatic imine (C=N–C) groups is 1. The van der Waals surface area contributed by atoms with E-state index >= 15 is 0 Å². The first-order valence-electron chi connectivity index (χ1n) is 8.31. The Morgan fingerprint density at radius 3 is 2.56 bits per heavy atom. The smallest absolute Gasteiger partial charge is 0.264 e. The first-order valence-corrected chi connectivity index (χ1v) is 9.92. The fraction of sp³-hybridized carbons (Fsp3) is 0.444. The van der Waals surface area contributed by atoms with Crippen molar-refractivity contribution in [1.82, 2.24) is 5.32 Å². The molecule has 0 radical (unpaired) electrons. The molecule has 0 bridgehead atoms. The van der Waals surface area contributed by atoms with Gasteiger partial charge >= 0.3 is 0 Å². The predicted octanol–water partition coefficient (Wildman–Crippen LogP) is 4.36. The summed E-state index contributed by atoms with van der Waals surface area (Å²) >= 11 is 4.92. The molecule has 0 unspecified atom stereocenters. The second-order valence-electron chi connectivity index (χ2n) is 6.02. The SMILES string of the molecule is COc1cc(Br)c(C=C2SC(=NC3CCCCC3)NC2=O)cc1OC. The van der Waals surface area contributed by atoms with Crippen LogP contribution in [0, 0.1) is 0 Å². The van der Waals surface area contributed by atoms with Crippen LogP contribution in [-0.4, -0.2) is 31.3 Å². The lowest BCUT2D eigenvalue weighted by atomic mass is 9.96. The summed E-state index contributed by atoms with van der Waals surface area (Å²) in [6, 6.07) is 4.02. The van der Waals surface area contributed by atoms with Gasteiger partial charge in [0.15, 0.2) is 16.7 Å². The third kappa shape index (κ3) is 4.39. The van der Waals surface area contributed by atoms with Crippen molar-refractivity contribution in [2.24, 2.45) is 4.99 Å². The zero-order chi connectivity index (χ0) is 17.8. The summed E-state index contributed by atoms with van der Waals surface area (Å²) in [5.74, 6) is 1.15. The number of carbonyl (C=O) groups excluding carboxylic acids is 1. The zero-order valence-corrected chi connectivity index (χ0v) is 16.7. The highest BCUT2D eigenvalue weighted by Gasteiger charge is 2.25. The zero-order valence-electron chi connectivity index (χ0n) is 14.3. The van der Waals surface area contributed by atoms with Crippen molar-refractivity contribution in [2.75, 3.05) is 14.2 Å². The number of carbonyl (C=O) groups is 1. The topological polar surface area (TPSA) is 59.9 Å². The highest BCUT2D eigenvalue weighted by atomic mass is 79.9. The second kappa shape index (κ2) is 8.27. The van der Waals surface area contributed by atoms with E-state index in [1.54, 1.807) is 14.2 Å². The van der Waals surface area contributed by atoms with Crippen LogP contribution in [0.25, 0.3) is 6.08 Å². The van der Waals surface area contributed by atoms with E-state index in [1.165, 1.54) is 31.0 Å². The Balaban J connectivity index is 1.82. The maximum absolute atomic E-state index is 12.3. The first-order chi connectivity index (χ1) is 12.1. The molecule has 2 aliphatic rings. The van der Waals surface area contributed by atoms with Gasteiger partial charge in [-0.05, 0) is 48.4 Å². The number of nitrogens with zero attached hydrogens (tertiary/aromatic N) is 1. The van der Waals surface area contributed by atoms with Crippen LogP contribution in [0.2, 0.25) is 0 Å². The van der Waals surface area contributed by atoms with Crippen molar-refractivity contribution < 1.29 is 14.3 Å². The summed E-state index contributed by atoms with van der Waals surface area (Å²) in [5.41, 5.74) is 0.856. The highest BCUT2D eigenvalue weighted by molar-refractivity contribution is 9.10. The molecular formula is C18H21BrN2O3S. The molecule has 5 nitrogen and oxygen atoms in total. The molecule has 3 rings (SSSR count).